The number of methoxy groups -OCH3 is 2. The highest BCUT2D eigenvalue weighted by Gasteiger charge is 2.36. The van der Waals surface area contributed by atoms with Crippen LogP contribution in [-0.2, 0) is 9.53 Å². The number of nitrogens with one attached hydrogen (secondary N) is 1. The first kappa shape index (κ1) is 25.6. The molecule has 0 spiro atoms. The number of carbonyl (C=O) groups excluding carboxylic acids is 1. The molecule has 3 heterocycles. The molecule has 1 unspecified atom stereocenters. The Labute approximate surface area is 233 Å². The highest BCUT2D eigenvalue weighted by molar-refractivity contribution is 7.07. The van der Waals surface area contributed by atoms with E-state index in [1.165, 1.54) is 11.3 Å². The second kappa shape index (κ2) is 10.2. The lowest BCUT2D eigenvalue weighted by molar-refractivity contribution is -0.139. The molecule has 1 aliphatic heterocycles. The molecule has 0 amide bonds. The Bertz CT molecular complexity index is 2010. The first-order chi connectivity index (χ1) is 19.4. The van der Waals surface area contributed by atoms with Gasteiger partial charge in [-0.2, -0.15) is 0 Å². The first-order valence-electron chi connectivity index (χ1n) is 12.9. The Balaban J connectivity index is 1.68. The van der Waals surface area contributed by atoms with Crippen molar-refractivity contribution in [3.05, 3.63) is 103 Å². The molecule has 9 heteroatoms. The highest BCUT2D eigenvalue weighted by Crippen LogP contribution is 2.41. The van der Waals surface area contributed by atoms with Gasteiger partial charge in [0.15, 0.2) is 4.80 Å². The molecular formula is C31H27N3O5S. The molecule has 0 saturated heterocycles. The van der Waals surface area contributed by atoms with Crippen LogP contribution >= 0.6 is 11.3 Å². The summed E-state index contributed by atoms with van der Waals surface area (Å²) in [4.78, 5) is 36.1. The number of aromatic nitrogens is 2. The monoisotopic (exact) mass is 553 g/mol. The molecule has 40 heavy (non-hydrogen) atoms. The van der Waals surface area contributed by atoms with E-state index in [1.807, 2.05) is 66.9 Å². The van der Waals surface area contributed by atoms with Gasteiger partial charge in [-0.3, -0.25) is 9.36 Å². The van der Waals surface area contributed by atoms with Crippen LogP contribution in [0.15, 0.2) is 81.9 Å². The van der Waals surface area contributed by atoms with Crippen LogP contribution < -0.4 is 24.4 Å². The normalized spacial score (nSPS) is 15.3. The number of ether oxygens (including phenoxy) is 3. The summed E-state index contributed by atoms with van der Waals surface area (Å²) in [5.41, 5.74) is 3.07. The fourth-order valence-corrected chi connectivity index (χ4v) is 6.35. The topological polar surface area (TPSA) is 94.9 Å². The van der Waals surface area contributed by atoms with Gasteiger partial charge in [0.1, 0.15) is 17.5 Å². The summed E-state index contributed by atoms with van der Waals surface area (Å²) in [6.45, 7) is 3.71. The number of H-pyrrole nitrogens is 1. The minimum atomic E-state index is -0.828. The number of rotatable bonds is 6. The third kappa shape index (κ3) is 4.10. The van der Waals surface area contributed by atoms with Crippen molar-refractivity contribution in [2.45, 2.75) is 19.9 Å². The number of fused-ring (bicyclic) bond motifs is 3. The van der Waals surface area contributed by atoms with Gasteiger partial charge in [-0.05, 0) is 55.0 Å². The van der Waals surface area contributed by atoms with Crippen LogP contribution in [0, 0.1) is 0 Å². The van der Waals surface area contributed by atoms with Gasteiger partial charge in [-0.25, -0.2) is 9.79 Å². The van der Waals surface area contributed by atoms with Gasteiger partial charge >= 0.3 is 5.97 Å². The van der Waals surface area contributed by atoms with Crippen LogP contribution in [0.1, 0.15) is 31.0 Å². The van der Waals surface area contributed by atoms with E-state index in [0.29, 0.717) is 37.7 Å². The number of nitrogens with zero attached hydrogens (tertiary/aromatic N) is 2. The zero-order valence-electron chi connectivity index (χ0n) is 22.5. The Morgan fingerprint density at radius 1 is 1.10 bits per heavy atom. The van der Waals surface area contributed by atoms with Crippen molar-refractivity contribution in [2.24, 2.45) is 4.99 Å². The van der Waals surface area contributed by atoms with Crippen molar-refractivity contribution in [1.29, 1.82) is 0 Å². The number of thiazole rings is 1. The number of hydrogen-bond donors (Lipinski definition) is 1. The first-order valence-corrected chi connectivity index (χ1v) is 13.7. The minimum Gasteiger partial charge on any atom is -0.497 e. The Morgan fingerprint density at radius 2 is 1.90 bits per heavy atom. The van der Waals surface area contributed by atoms with Crippen LogP contribution in [0.25, 0.3) is 27.8 Å². The van der Waals surface area contributed by atoms with E-state index in [9.17, 15) is 9.59 Å². The van der Waals surface area contributed by atoms with E-state index >= 15 is 0 Å². The molecule has 3 aromatic carbocycles. The number of hydrogen-bond acceptors (Lipinski definition) is 7. The molecule has 6 rings (SSSR count). The van der Waals surface area contributed by atoms with Gasteiger partial charge in [-0.1, -0.05) is 41.7 Å². The molecule has 0 aliphatic carbocycles. The highest BCUT2D eigenvalue weighted by atomic mass is 32.1. The lowest BCUT2D eigenvalue weighted by Crippen LogP contribution is -2.40. The molecule has 0 fully saturated rings. The lowest BCUT2D eigenvalue weighted by Gasteiger charge is -2.27. The number of aromatic amines is 1. The molecule has 2 aromatic heterocycles. The maximum Gasteiger partial charge on any atom is 0.338 e. The standard InChI is InChI=1S/C31H27N3O5S/c1-5-39-30(36)26-17(2)33-31-34(29(35)25(40-31)14-19-16-32-23-9-7-6-8-21(19)23)28(26)27-22-15-20(37-3)12-10-18(22)11-13-24(27)38-4/h6-16,28,32H,5H2,1-4H3. The molecule has 0 radical (unpaired) electrons. The number of allylic oxidation sites excluding steroid dienone is 1. The van der Waals surface area contributed by atoms with Crippen molar-refractivity contribution >= 4 is 45.1 Å². The van der Waals surface area contributed by atoms with E-state index in [4.69, 9.17) is 19.2 Å². The fourth-order valence-electron chi connectivity index (χ4n) is 5.31. The predicted octanol–water partition coefficient (Wildman–Crippen LogP) is 4.45. The van der Waals surface area contributed by atoms with Crippen LogP contribution in [0.5, 0.6) is 11.5 Å². The molecule has 5 aromatic rings. The van der Waals surface area contributed by atoms with Gasteiger partial charge < -0.3 is 19.2 Å². The van der Waals surface area contributed by atoms with Crippen molar-refractivity contribution in [3.8, 4) is 11.5 Å². The van der Waals surface area contributed by atoms with Crippen molar-refractivity contribution < 1.29 is 19.0 Å². The fraction of sp³-hybridized carbons (Fsp3) is 0.194. The van der Waals surface area contributed by atoms with E-state index < -0.39 is 12.0 Å². The molecule has 8 nitrogen and oxygen atoms in total. The molecule has 1 atom stereocenters. The Kier molecular flexibility index (Phi) is 6.51. The van der Waals surface area contributed by atoms with Gasteiger partial charge in [0.25, 0.3) is 5.56 Å². The second-order valence-electron chi connectivity index (χ2n) is 9.36. The number of carbonyl (C=O) groups is 1. The SMILES string of the molecule is CCOC(=O)C1=C(C)N=c2sc(=Cc3c[nH]c4ccccc34)c(=O)n2C1c1c(OC)ccc2ccc(OC)cc12. The summed E-state index contributed by atoms with van der Waals surface area (Å²) in [5.74, 6) is 0.655. The summed E-state index contributed by atoms with van der Waals surface area (Å²) in [6, 6.07) is 16.6. The summed E-state index contributed by atoms with van der Waals surface area (Å²) < 4.78 is 18.9. The molecule has 0 saturated carbocycles. The quantitative estimate of drug-likeness (QED) is 0.314. The third-order valence-electron chi connectivity index (χ3n) is 7.15. The molecular weight excluding hydrogens is 526 g/mol. The maximum atomic E-state index is 14.2. The van der Waals surface area contributed by atoms with E-state index in [1.54, 1.807) is 32.6 Å². The zero-order valence-corrected chi connectivity index (χ0v) is 23.3. The number of para-hydroxylation sites is 1. The van der Waals surface area contributed by atoms with Crippen molar-refractivity contribution in [2.75, 3.05) is 20.8 Å². The summed E-state index contributed by atoms with van der Waals surface area (Å²) in [7, 11) is 3.18. The lowest BCUT2D eigenvalue weighted by atomic mass is 9.90. The Hall–Kier alpha value is -4.63. The van der Waals surface area contributed by atoms with Gasteiger partial charge in [0.05, 0.1) is 36.6 Å². The molecule has 202 valence electrons. The van der Waals surface area contributed by atoms with Crippen LogP contribution in [0.3, 0.4) is 0 Å². The summed E-state index contributed by atoms with van der Waals surface area (Å²) >= 11 is 1.29. The third-order valence-corrected chi connectivity index (χ3v) is 8.13. The van der Waals surface area contributed by atoms with Crippen molar-refractivity contribution in [1.82, 2.24) is 9.55 Å². The number of benzene rings is 3. The van der Waals surface area contributed by atoms with Crippen molar-refractivity contribution in [3.63, 3.8) is 0 Å². The van der Waals surface area contributed by atoms with Gasteiger partial charge in [-0.15, -0.1) is 0 Å². The van der Waals surface area contributed by atoms with E-state index in [-0.39, 0.29) is 12.2 Å². The molecule has 0 bridgehead atoms. The maximum absolute atomic E-state index is 14.2. The summed E-state index contributed by atoms with van der Waals surface area (Å²) in [5, 5.41) is 2.72. The van der Waals surface area contributed by atoms with Crippen LogP contribution in [-0.4, -0.2) is 36.3 Å². The Morgan fingerprint density at radius 3 is 2.67 bits per heavy atom. The van der Waals surface area contributed by atoms with Gasteiger partial charge in [0.2, 0.25) is 0 Å². The van der Waals surface area contributed by atoms with E-state index in [2.05, 4.69) is 4.98 Å². The average molecular weight is 554 g/mol. The van der Waals surface area contributed by atoms with E-state index in [0.717, 1.165) is 27.2 Å². The predicted molar refractivity (Wildman–Crippen MR) is 156 cm³/mol. The van der Waals surface area contributed by atoms with Crippen LogP contribution in [0.2, 0.25) is 0 Å². The largest absolute Gasteiger partial charge is 0.497 e. The average Bonchev–Trinajstić information content (AvgIpc) is 3.51. The smallest absolute Gasteiger partial charge is 0.338 e. The molecule has 1 aliphatic rings. The zero-order chi connectivity index (χ0) is 28.0. The number of esters is 1. The second-order valence-corrected chi connectivity index (χ2v) is 10.4. The summed E-state index contributed by atoms with van der Waals surface area (Å²) in [6.07, 6.45) is 3.75. The molecule has 1 N–H and O–H groups in total. The minimum absolute atomic E-state index is 0.188. The van der Waals surface area contributed by atoms with Gasteiger partial charge in [0, 0.05) is 28.2 Å². The van der Waals surface area contributed by atoms with Crippen LogP contribution in [0.4, 0.5) is 0 Å².